The van der Waals surface area contributed by atoms with Crippen molar-refractivity contribution in [3.05, 3.63) is 35.6 Å². The van der Waals surface area contributed by atoms with Crippen LogP contribution in [-0.4, -0.2) is 35.0 Å². The van der Waals surface area contributed by atoms with Gasteiger partial charge in [0.05, 0.1) is 11.8 Å². The second-order valence-electron chi connectivity index (χ2n) is 5.68. The van der Waals surface area contributed by atoms with E-state index in [1.54, 1.807) is 17.0 Å². The first-order valence-electron chi connectivity index (χ1n) is 7.21. The van der Waals surface area contributed by atoms with Gasteiger partial charge in [-0.05, 0) is 30.0 Å². The maximum atomic E-state index is 13.0. The first kappa shape index (κ1) is 15.5. The zero-order valence-corrected chi connectivity index (χ0v) is 12.3. The van der Waals surface area contributed by atoms with Crippen molar-refractivity contribution in [3.8, 4) is 0 Å². The lowest BCUT2D eigenvalue weighted by Crippen LogP contribution is -2.34. The number of rotatable bonds is 4. The number of amides is 1. The Bertz CT molecular complexity index is 529. The Balaban J connectivity index is 2.14. The summed E-state index contributed by atoms with van der Waals surface area (Å²) in [6.07, 6.45) is 0.604. The van der Waals surface area contributed by atoms with Crippen LogP contribution in [0.3, 0.4) is 0 Å². The summed E-state index contributed by atoms with van der Waals surface area (Å²) in [7, 11) is 0. The van der Waals surface area contributed by atoms with E-state index in [0.29, 0.717) is 13.0 Å². The predicted molar refractivity (Wildman–Crippen MR) is 76.3 cm³/mol. The quantitative estimate of drug-likeness (QED) is 0.928. The normalized spacial score (nSPS) is 23.1. The van der Waals surface area contributed by atoms with Gasteiger partial charge in [-0.25, -0.2) is 4.39 Å². The monoisotopic (exact) mass is 293 g/mol. The summed E-state index contributed by atoms with van der Waals surface area (Å²) in [4.78, 5) is 25.4. The van der Waals surface area contributed by atoms with Gasteiger partial charge in [0, 0.05) is 13.1 Å². The lowest BCUT2D eigenvalue weighted by molar-refractivity contribution is -0.142. The van der Waals surface area contributed by atoms with Crippen molar-refractivity contribution in [1.82, 2.24) is 4.90 Å². The molecule has 1 heterocycles. The van der Waals surface area contributed by atoms with Gasteiger partial charge < -0.3 is 10.0 Å². The van der Waals surface area contributed by atoms with E-state index in [-0.39, 0.29) is 30.1 Å². The smallest absolute Gasteiger partial charge is 0.308 e. The van der Waals surface area contributed by atoms with Crippen molar-refractivity contribution in [2.24, 2.45) is 11.8 Å². The summed E-state index contributed by atoms with van der Waals surface area (Å²) >= 11 is 0. The fourth-order valence-electron chi connectivity index (χ4n) is 2.94. The molecule has 0 bridgehead atoms. The first-order valence-corrected chi connectivity index (χ1v) is 7.21. The SMILES string of the molecule is CCC(C(=O)N1C[C@@H](C)[C@H](C(=O)O)C1)c1ccc(F)cc1. The van der Waals surface area contributed by atoms with Gasteiger partial charge in [0.25, 0.3) is 0 Å². The van der Waals surface area contributed by atoms with Crippen LogP contribution in [0.15, 0.2) is 24.3 Å². The molecule has 0 saturated carbocycles. The number of carboxylic acids is 1. The highest BCUT2D eigenvalue weighted by molar-refractivity contribution is 5.85. The molecule has 21 heavy (non-hydrogen) atoms. The van der Waals surface area contributed by atoms with Crippen molar-refractivity contribution in [3.63, 3.8) is 0 Å². The Morgan fingerprint density at radius 1 is 1.33 bits per heavy atom. The molecule has 1 aliphatic heterocycles. The number of halogens is 1. The molecule has 1 fully saturated rings. The number of carbonyl (C=O) groups excluding carboxylic acids is 1. The molecule has 1 aliphatic rings. The van der Waals surface area contributed by atoms with E-state index < -0.39 is 11.9 Å². The summed E-state index contributed by atoms with van der Waals surface area (Å²) in [6, 6.07) is 5.93. The van der Waals surface area contributed by atoms with E-state index in [9.17, 15) is 14.0 Å². The largest absolute Gasteiger partial charge is 0.481 e. The van der Waals surface area contributed by atoms with E-state index in [2.05, 4.69) is 0 Å². The van der Waals surface area contributed by atoms with Crippen LogP contribution in [0.2, 0.25) is 0 Å². The Hall–Kier alpha value is -1.91. The first-order chi connectivity index (χ1) is 9.93. The van der Waals surface area contributed by atoms with Crippen LogP contribution in [0.5, 0.6) is 0 Å². The van der Waals surface area contributed by atoms with Gasteiger partial charge in [-0.2, -0.15) is 0 Å². The van der Waals surface area contributed by atoms with Crippen molar-refractivity contribution >= 4 is 11.9 Å². The van der Waals surface area contributed by atoms with Crippen molar-refractivity contribution < 1.29 is 19.1 Å². The van der Waals surface area contributed by atoms with E-state index in [1.165, 1.54) is 12.1 Å². The highest BCUT2D eigenvalue weighted by Crippen LogP contribution is 2.29. The minimum Gasteiger partial charge on any atom is -0.481 e. The molecule has 0 aromatic heterocycles. The third-order valence-corrected chi connectivity index (χ3v) is 4.22. The third kappa shape index (κ3) is 3.23. The maximum absolute atomic E-state index is 13.0. The minimum absolute atomic E-state index is 0.0443. The number of carboxylic acid groups (broad SMARTS) is 1. The zero-order chi connectivity index (χ0) is 15.6. The molecule has 0 radical (unpaired) electrons. The summed E-state index contributed by atoms with van der Waals surface area (Å²) in [5, 5.41) is 9.15. The van der Waals surface area contributed by atoms with Gasteiger partial charge in [0.1, 0.15) is 5.82 Å². The fraction of sp³-hybridized carbons (Fsp3) is 0.500. The minimum atomic E-state index is -0.854. The molecular weight excluding hydrogens is 273 g/mol. The van der Waals surface area contributed by atoms with Gasteiger partial charge in [-0.15, -0.1) is 0 Å². The lowest BCUT2D eigenvalue weighted by atomic mass is 9.95. The zero-order valence-electron chi connectivity index (χ0n) is 12.3. The molecule has 1 saturated heterocycles. The summed E-state index contributed by atoms with van der Waals surface area (Å²) in [6.45, 7) is 4.48. The Labute approximate surface area is 123 Å². The second kappa shape index (κ2) is 6.24. The number of benzene rings is 1. The van der Waals surface area contributed by atoms with Crippen LogP contribution in [0.25, 0.3) is 0 Å². The topological polar surface area (TPSA) is 57.6 Å². The highest BCUT2D eigenvalue weighted by atomic mass is 19.1. The van der Waals surface area contributed by atoms with Crippen molar-refractivity contribution in [2.45, 2.75) is 26.2 Å². The fourth-order valence-corrected chi connectivity index (χ4v) is 2.94. The van der Waals surface area contributed by atoms with Crippen LogP contribution >= 0.6 is 0 Å². The average molecular weight is 293 g/mol. The average Bonchev–Trinajstić information content (AvgIpc) is 2.84. The number of nitrogens with zero attached hydrogens (tertiary/aromatic N) is 1. The van der Waals surface area contributed by atoms with Gasteiger partial charge in [-0.3, -0.25) is 9.59 Å². The summed E-state index contributed by atoms with van der Waals surface area (Å²) in [5.41, 5.74) is 0.773. The number of aliphatic carboxylic acids is 1. The van der Waals surface area contributed by atoms with Crippen LogP contribution in [0.1, 0.15) is 31.7 Å². The van der Waals surface area contributed by atoms with E-state index >= 15 is 0 Å². The maximum Gasteiger partial charge on any atom is 0.308 e. The van der Waals surface area contributed by atoms with Crippen LogP contribution in [-0.2, 0) is 9.59 Å². The van der Waals surface area contributed by atoms with Crippen LogP contribution < -0.4 is 0 Å². The van der Waals surface area contributed by atoms with E-state index in [0.717, 1.165) is 5.56 Å². The van der Waals surface area contributed by atoms with Gasteiger partial charge in [-0.1, -0.05) is 26.0 Å². The van der Waals surface area contributed by atoms with Gasteiger partial charge in [0.2, 0.25) is 5.91 Å². The van der Waals surface area contributed by atoms with Crippen LogP contribution in [0, 0.1) is 17.7 Å². The molecule has 3 atom stereocenters. The van der Waals surface area contributed by atoms with E-state index in [4.69, 9.17) is 5.11 Å². The van der Waals surface area contributed by atoms with Crippen molar-refractivity contribution in [2.75, 3.05) is 13.1 Å². The number of likely N-dealkylation sites (tertiary alicyclic amines) is 1. The molecule has 0 spiro atoms. The predicted octanol–water partition coefficient (Wildman–Crippen LogP) is 2.50. The van der Waals surface area contributed by atoms with Crippen LogP contribution in [0.4, 0.5) is 4.39 Å². The Morgan fingerprint density at radius 2 is 1.95 bits per heavy atom. The summed E-state index contributed by atoms with van der Waals surface area (Å²) < 4.78 is 13.0. The number of hydrogen-bond donors (Lipinski definition) is 1. The standard InChI is InChI=1S/C16H20FNO3/c1-3-13(11-4-6-12(17)7-5-11)15(19)18-8-10(2)14(9-18)16(20)21/h4-7,10,13-14H,3,8-9H2,1-2H3,(H,20,21)/t10-,13?,14-/m1/s1. The molecule has 1 amide bonds. The highest BCUT2D eigenvalue weighted by Gasteiger charge is 2.38. The van der Waals surface area contributed by atoms with Crippen molar-refractivity contribution in [1.29, 1.82) is 0 Å². The molecule has 114 valence electrons. The molecule has 1 N–H and O–H groups in total. The molecule has 1 aromatic rings. The van der Waals surface area contributed by atoms with Gasteiger partial charge in [0.15, 0.2) is 0 Å². The molecule has 4 nitrogen and oxygen atoms in total. The molecule has 1 unspecified atom stereocenters. The molecular formula is C16H20FNO3. The molecule has 2 rings (SSSR count). The number of hydrogen-bond acceptors (Lipinski definition) is 2. The summed E-state index contributed by atoms with van der Waals surface area (Å²) in [5.74, 6) is -2.14. The number of carbonyl (C=O) groups is 2. The molecule has 5 heteroatoms. The second-order valence-corrected chi connectivity index (χ2v) is 5.68. The van der Waals surface area contributed by atoms with Gasteiger partial charge >= 0.3 is 5.97 Å². The Morgan fingerprint density at radius 3 is 2.43 bits per heavy atom. The molecule has 1 aromatic carbocycles. The third-order valence-electron chi connectivity index (χ3n) is 4.22. The lowest BCUT2D eigenvalue weighted by Gasteiger charge is -2.23. The van der Waals surface area contributed by atoms with E-state index in [1.807, 2.05) is 13.8 Å². The Kier molecular flexibility index (Phi) is 4.60. The molecule has 0 aliphatic carbocycles.